The molecule has 5 heteroatoms. The third kappa shape index (κ3) is 3.31. The van der Waals surface area contributed by atoms with Crippen LogP contribution < -0.4 is 4.74 Å². The molecule has 0 amide bonds. The summed E-state index contributed by atoms with van der Waals surface area (Å²) in [6.07, 6.45) is 0. The van der Waals surface area contributed by atoms with Crippen LogP contribution in [0.15, 0.2) is 60.4 Å². The summed E-state index contributed by atoms with van der Waals surface area (Å²) in [7, 11) is 0. The van der Waals surface area contributed by atoms with E-state index in [0.29, 0.717) is 6.61 Å². The second-order valence-corrected chi connectivity index (χ2v) is 5.67. The first-order valence-electron chi connectivity index (χ1n) is 6.77. The van der Waals surface area contributed by atoms with E-state index in [9.17, 15) is 9.18 Å². The Balaban J connectivity index is 1.87. The fourth-order valence-corrected chi connectivity index (χ4v) is 2.98. The average molecular weight is 316 g/mol. The van der Waals surface area contributed by atoms with Crippen molar-refractivity contribution in [3.8, 4) is 5.75 Å². The maximum Gasteiger partial charge on any atom is 0.380 e. The highest BCUT2D eigenvalue weighted by Crippen LogP contribution is 2.35. The van der Waals surface area contributed by atoms with E-state index < -0.39 is 5.97 Å². The first kappa shape index (κ1) is 14.7. The highest BCUT2D eigenvalue weighted by Gasteiger charge is 2.24. The summed E-state index contributed by atoms with van der Waals surface area (Å²) < 4.78 is 23.7. The van der Waals surface area contributed by atoms with Crippen molar-refractivity contribution in [2.45, 2.75) is 0 Å². The lowest BCUT2D eigenvalue weighted by Gasteiger charge is -2.19. The van der Waals surface area contributed by atoms with Gasteiger partial charge in [-0.15, -0.1) is 11.8 Å². The molecule has 0 spiro atoms. The van der Waals surface area contributed by atoms with Crippen LogP contribution in [0.25, 0.3) is 4.91 Å². The number of rotatable bonds is 3. The molecule has 1 aliphatic rings. The minimum absolute atomic E-state index is 0.201. The number of ether oxygens (including phenoxy) is 2. The topological polar surface area (TPSA) is 35.5 Å². The van der Waals surface area contributed by atoms with Gasteiger partial charge in [0.1, 0.15) is 11.6 Å². The van der Waals surface area contributed by atoms with Gasteiger partial charge in [-0.1, -0.05) is 30.3 Å². The van der Waals surface area contributed by atoms with E-state index in [1.807, 2.05) is 30.3 Å². The lowest BCUT2D eigenvalue weighted by atomic mass is 10.2. The Hall–Kier alpha value is -2.27. The maximum absolute atomic E-state index is 12.9. The number of hydrogen-bond donors (Lipinski definition) is 0. The van der Waals surface area contributed by atoms with Gasteiger partial charge in [-0.25, -0.2) is 9.18 Å². The van der Waals surface area contributed by atoms with Gasteiger partial charge in [0.25, 0.3) is 0 Å². The zero-order valence-electron chi connectivity index (χ0n) is 11.6. The minimum atomic E-state index is -0.572. The van der Waals surface area contributed by atoms with Crippen molar-refractivity contribution in [1.82, 2.24) is 0 Å². The first-order valence-corrected chi connectivity index (χ1v) is 7.75. The molecule has 0 saturated heterocycles. The number of carbonyl (C=O) groups is 1. The van der Waals surface area contributed by atoms with E-state index in [2.05, 4.69) is 0 Å². The van der Waals surface area contributed by atoms with Gasteiger partial charge < -0.3 is 9.47 Å². The summed E-state index contributed by atoms with van der Waals surface area (Å²) in [6.45, 7) is 0.453. The molecule has 3 nitrogen and oxygen atoms in total. The summed E-state index contributed by atoms with van der Waals surface area (Å²) in [5.74, 6) is 0.306. The monoisotopic (exact) mass is 316 g/mol. The normalized spacial score (nSPS) is 14.4. The Kier molecular flexibility index (Phi) is 4.44. The Morgan fingerprint density at radius 3 is 2.55 bits per heavy atom. The third-order valence-corrected chi connectivity index (χ3v) is 4.11. The van der Waals surface area contributed by atoms with Crippen LogP contribution >= 0.6 is 11.8 Å². The second kappa shape index (κ2) is 6.66. The van der Waals surface area contributed by atoms with Crippen LogP contribution in [-0.4, -0.2) is 18.3 Å². The van der Waals surface area contributed by atoms with Crippen LogP contribution in [0.4, 0.5) is 4.39 Å². The average Bonchev–Trinajstić information content (AvgIpc) is 2.58. The van der Waals surface area contributed by atoms with E-state index in [4.69, 9.17) is 9.47 Å². The number of carbonyl (C=O) groups excluding carboxylic acids is 1. The van der Waals surface area contributed by atoms with Crippen molar-refractivity contribution in [3.05, 3.63) is 71.7 Å². The fraction of sp³-hybridized carbons (Fsp3) is 0.118. The SMILES string of the molecule is O=C(Oc1ccc(F)cc1)C1=C(c2ccccc2)SCCO1. The van der Waals surface area contributed by atoms with Crippen molar-refractivity contribution < 1.29 is 18.7 Å². The van der Waals surface area contributed by atoms with Crippen LogP contribution in [-0.2, 0) is 9.53 Å². The molecule has 0 fully saturated rings. The number of thioether (sulfide) groups is 1. The molecule has 0 saturated carbocycles. The second-order valence-electron chi connectivity index (χ2n) is 4.56. The number of esters is 1. The predicted molar refractivity (Wildman–Crippen MR) is 83.8 cm³/mol. The van der Waals surface area contributed by atoms with Gasteiger partial charge in [-0.3, -0.25) is 0 Å². The summed E-state index contributed by atoms with van der Waals surface area (Å²) in [4.78, 5) is 13.1. The third-order valence-electron chi connectivity index (χ3n) is 3.03. The van der Waals surface area contributed by atoms with E-state index >= 15 is 0 Å². The molecule has 2 aromatic carbocycles. The van der Waals surface area contributed by atoms with Gasteiger partial charge in [0, 0.05) is 5.75 Å². The van der Waals surface area contributed by atoms with E-state index in [0.717, 1.165) is 16.2 Å². The molecule has 22 heavy (non-hydrogen) atoms. The molecule has 0 bridgehead atoms. The zero-order chi connectivity index (χ0) is 15.4. The molecular weight excluding hydrogens is 303 g/mol. The van der Waals surface area contributed by atoms with Gasteiger partial charge in [0.15, 0.2) is 0 Å². The lowest BCUT2D eigenvalue weighted by Crippen LogP contribution is -2.19. The van der Waals surface area contributed by atoms with Crippen LogP contribution in [0.5, 0.6) is 5.75 Å². The highest BCUT2D eigenvalue weighted by atomic mass is 32.2. The molecule has 1 aliphatic heterocycles. The van der Waals surface area contributed by atoms with Gasteiger partial charge in [0.2, 0.25) is 5.76 Å². The first-order chi connectivity index (χ1) is 10.7. The Morgan fingerprint density at radius 1 is 1.09 bits per heavy atom. The van der Waals surface area contributed by atoms with Crippen LogP contribution in [0.1, 0.15) is 5.56 Å². The van der Waals surface area contributed by atoms with Crippen molar-refractivity contribution in [2.24, 2.45) is 0 Å². The molecule has 0 N–H and O–H groups in total. The summed E-state index contributed by atoms with van der Waals surface area (Å²) in [6, 6.07) is 14.9. The quantitative estimate of drug-likeness (QED) is 0.636. The largest absolute Gasteiger partial charge is 0.485 e. The Labute approximate surface area is 131 Å². The van der Waals surface area contributed by atoms with Crippen LogP contribution in [0.3, 0.4) is 0 Å². The molecule has 0 radical (unpaired) electrons. The molecule has 0 atom stereocenters. The Morgan fingerprint density at radius 2 is 1.82 bits per heavy atom. The molecule has 0 aromatic heterocycles. The van der Waals surface area contributed by atoms with Crippen molar-refractivity contribution >= 4 is 22.6 Å². The molecule has 3 rings (SSSR count). The van der Waals surface area contributed by atoms with Crippen molar-refractivity contribution in [3.63, 3.8) is 0 Å². The molecule has 112 valence electrons. The highest BCUT2D eigenvalue weighted by molar-refractivity contribution is 8.08. The van der Waals surface area contributed by atoms with Gasteiger partial charge in [0.05, 0.1) is 11.5 Å². The standard InChI is InChI=1S/C17H13FO3S/c18-13-6-8-14(9-7-13)21-17(19)15-16(22-11-10-20-15)12-4-2-1-3-5-12/h1-9H,10-11H2. The maximum atomic E-state index is 12.9. The summed E-state index contributed by atoms with van der Waals surface area (Å²) in [5.41, 5.74) is 0.915. The van der Waals surface area contributed by atoms with Gasteiger partial charge in [-0.2, -0.15) is 0 Å². The number of hydrogen-bond acceptors (Lipinski definition) is 4. The number of benzene rings is 2. The van der Waals surface area contributed by atoms with E-state index in [1.165, 1.54) is 24.3 Å². The molecule has 2 aromatic rings. The van der Waals surface area contributed by atoms with Gasteiger partial charge in [-0.05, 0) is 29.8 Å². The molecular formula is C17H13FO3S. The molecule has 0 aliphatic carbocycles. The summed E-state index contributed by atoms with van der Waals surface area (Å²) >= 11 is 1.56. The zero-order valence-corrected chi connectivity index (χ0v) is 12.4. The minimum Gasteiger partial charge on any atom is -0.485 e. The lowest BCUT2D eigenvalue weighted by molar-refractivity contribution is -0.133. The molecule has 1 heterocycles. The van der Waals surface area contributed by atoms with Crippen molar-refractivity contribution in [2.75, 3.05) is 12.4 Å². The van der Waals surface area contributed by atoms with E-state index in [1.54, 1.807) is 11.8 Å². The van der Waals surface area contributed by atoms with Crippen LogP contribution in [0, 0.1) is 5.82 Å². The number of halogens is 1. The fourth-order valence-electron chi connectivity index (χ4n) is 2.03. The Bertz CT molecular complexity index is 696. The summed E-state index contributed by atoms with van der Waals surface area (Å²) in [5, 5.41) is 0. The van der Waals surface area contributed by atoms with E-state index in [-0.39, 0.29) is 17.3 Å². The molecule has 0 unspecified atom stereocenters. The van der Waals surface area contributed by atoms with Crippen molar-refractivity contribution in [1.29, 1.82) is 0 Å². The predicted octanol–water partition coefficient (Wildman–Crippen LogP) is 3.86. The smallest absolute Gasteiger partial charge is 0.380 e. The van der Waals surface area contributed by atoms with Crippen LogP contribution in [0.2, 0.25) is 0 Å². The van der Waals surface area contributed by atoms with Gasteiger partial charge >= 0.3 is 5.97 Å².